The SMILES string of the molecule is CCC1CCN(CC(=O)C2=CCCC=C2)C[C@@H]1OC(=O)C(NS(=O)c1ccccc1)c1ccccc1.CCl. The summed E-state index contributed by atoms with van der Waals surface area (Å²) in [5.41, 5.74) is 1.46. The van der Waals surface area contributed by atoms with Crippen LogP contribution in [-0.2, 0) is 25.3 Å². The number of benzene rings is 2. The molecule has 0 aromatic heterocycles. The van der Waals surface area contributed by atoms with Crippen molar-refractivity contribution < 1.29 is 18.5 Å². The Kier molecular flexibility index (Phi) is 12.4. The van der Waals surface area contributed by atoms with Crippen LogP contribution in [0.4, 0.5) is 0 Å². The van der Waals surface area contributed by atoms with Gasteiger partial charge < -0.3 is 4.74 Å². The molecule has 1 fully saturated rings. The number of rotatable bonds is 10. The topological polar surface area (TPSA) is 75.7 Å². The molecule has 204 valence electrons. The number of nitrogens with zero attached hydrogens (tertiary/aromatic N) is 1. The van der Waals surface area contributed by atoms with Gasteiger partial charge in [0.15, 0.2) is 5.78 Å². The van der Waals surface area contributed by atoms with Crippen molar-refractivity contribution in [1.29, 1.82) is 0 Å². The van der Waals surface area contributed by atoms with Gasteiger partial charge in [-0.3, -0.25) is 9.69 Å². The maximum Gasteiger partial charge on any atom is 0.329 e. The molecule has 0 saturated carbocycles. The lowest BCUT2D eigenvalue weighted by molar-refractivity contribution is -0.157. The first-order chi connectivity index (χ1) is 18.5. The number of hydrogen-bond acceptors (Lipinski definition) is 5. The molecule has 1 aliphatic carbocycles. The normalized spacial score (nSPS) is 20.9. The molecule has 0 spiro atoms. The lowest BCUT2D eigenvalue weighted by Crippen LogP contribution is -2.48. The smallest absolute Gasteiger partial charge is 0.329 e. The van der Waals surface area contributed by atoms with E-state index in [2.05, 4.69) is 28.1 Å². The average molecular weight is 557 g/mol. The van der Waals surface area contributed by atoms with E-state index in [0.717, 1.165) is 37.8 Å². The predicted molar refractivity (Wildman–Crippen MR) is 153 cm³/mol. The number of Topliss-reactive ketones (excluding diaryl/α,β-unsaturated/α-hetero) is 1. The van der Waals surface area contributed by atoms with E-state index < -0.39 is 23.0 Å². The number of ketones is 1. The molecular formula is C30H37ClN2O4S. The summed E-state index contributed by atoms with van der Waals surface area (Å²) < 4.78 is 22.1. The first-order valence-corrected chi connectivity index (χ1v) is 14.9. The summed E-state index contributed by atoms with van der Waals surface area (Å²) in [4.78, 5) is 29.0. The number of carbonyl (C=O) groups excluding carboxylic acids is 2. The number of alkyl halides is 1. The van der Waals surface area contributed by atoms with Gasteiger partial charge in [-0.25, -0.2) is 13.7 Å². The number of halogens is 1. The minimum Gasteiger partial charge on any atom is -0.459 e. The van der Waals surface area contributed by atoms with Crippen LogP contribution in [0.2, 0.25) is 0 Å². The standard InChI is InChI=1S/C29H34N2O4S.CH3Cl/c1-2-22-18-19-31(20-26(32)23-12-6-3-7-13-23)21-27(22)35-29(33)28(24-14-8-4-9-15-24)30-36(34)25-16-10-5-11-17-25;1-2/h4-6,8-17,22,27-28,30H,2-3,7,18-21H2,1H3;1H3/t22?,27-,28?,36?;/m0./s1. The number of esters is 1. The first-order valence-electron chi connectivity index (χ1n) is 13.0. The van der Waals surface area contributed by atoms with E-state index in [4.69, 9.17) is 4.74 Å². The Morgan fingerprint density at radius 1 is 1.08 bits per heavy atom. The Bertz CT molecular complexity index is 1120. The van der Waals surface area contributed by atoms with Gasteiger partial charge in [0.05, 0.1) is 11.4 Å². The lowest BCUT2D eigenvalue weighted by atomic mass is 9.90. The summed E-state index contributed by atoms with van der Waals surface area (Å²) in [5, 5.41) is 0. The van der Waals surface area contributed by atoms with Gasteiger partial charge in [0, 0.05) is 18.5 Å². The van der Waals surface area contributed by atoms with Crippen molar-refractivity contribution in [2.24, 2.45) is 5.92 Å². The van der Waals surface area contributed by atoms with Crippen LogP contribution < -0.4 is 4.72 Å². The number of ether oxygens (including phenoxy) is 1. The monoisotopic (exact) mass is 556 g/mol. The largest absolute Gasteiger partial charge is 0.459 e. The number of allylic oxidation sites excluding steroid dienone is 3. The van der Waals surface area contributed by atoms with E-state index in [1.54, 1.807) is 12.1 Å². The molecular weight excluding hydrogens is 520 g/mol. The van der Waals surface area contributed by atoms with Crippen molar-refractivity contribution in [2.75, 3.05) is 26.0 Å². The minimum atomic E-state index is -1.59. The highest BCUT2D eigenvalue weighted by Gasteiger charge is 2.34. The number of carbonyl (C=O) groups is 2. The summed E-state index contributed by atoms with van der Waals surface area (Å²) in [6.45, 7) is 3.73. The number of hydrogen-bond donors (Lipinski definition) is 1. The van der Waals surface area contributed by atoms with Gasteiger partial charge >= 0.3 is 5.97 Å². The molecule has 2 aliphatic rings. The maximum atomic E-state index is 13.5. The summed E-state index contributed by atoms with van der Waals surface area (Å²) in [7, 11) is -1.59. The fraction of sp³-hybridized carbons (Fsp3) is 0.400. The molecule has 3 unspecified atom stereocenters. The summed E-state index contributed by atoms with van der Waals surface area (Å²) in [6.07, 6.45) is 10.7. The second kappa shape index (κ2) is 15.7. The second-order valence-electron chi connectivity index (χ2n) is 9.27. The van der Waals surface area contributed by atoms with Gasteiger partial charge in [0.25, 0.3) is 0 Å². The lowest BCUT2D eigenvalue weighted by Gasteiger charge is -2.38. The van der Waals surface area contributed by atoms with Crippen molar-refractivity contribution in [3.63, 3.8) is 0 Å². The highest BCUT2D eigenvalue weighted by molar-refractivity contribution is 7.83. The molecule has 0 radical (unpaired) electrons. The summed E-state index contributed by atoms with van der Waals surface area (Å²) >= 11 is 4.64. The van der Waals surface area contributed by atoms with Gasteiger partial charge in [-0.2, -0.15) is 0 Å². The Hall–Kier alpha value is -2.58. The molecule has 0 amide bonds. The molecule has 2 aromatic rings. The van der Waals surface area contributed by atoms with Crippen LogP contribution in [0.15, 0.2) is 89.4 Å². The molecule has 1 N–H and O–H groups in total. The third kappa shape index (κ3) is 8.46. The minimum absolute atomic E-state index is 0.105. The maximum absolute atomic E-state index is 13.5. The van der Waals surface area contributed by atoms with E-state index in [9.17, 15) is 13.8 Å². The van der Waals surface area contributed by atoms with Crippen molar-refractivity contribution >= 4 is 34.3 Å². The molecule has 1 aliphatic heterocycles. The van der Waals surface area contributed by atoms with Crippen LogP contribution in [0.5, 0.6) is 0 Å². The first kappa shape index (κ1) is 30.0. The highest BCUT2D eigenvalue weighted by atomic mass is 35.5. The molecule has 8 heteroatoms. The van der Waals surface area contributed by atoms with Gasteiger partial charge in [0.1, 0.15) is 23.1 Å². The molecule has 38 heavy (non-hydrogen) atoms. The molecule has 0 bridgehead atoms. The molecule has 4 rings (SSSR count). The van der Waals surface area contributed by atoms with Gasteiger partial charge in [-0.05, 0) is 55.8 Å². The number of piperidine rings is 1. The third-order valence-electron chi connectivity index (χ3n) is 6.81. The van der Waals surface area contributed by atoms with Crippen molar-refractivity contribution in [3.05, 3.63) is 90.0 Å². The van der Waals surface area contributed by atoms with Crippen LogP contribution >= 0.6 is 11.6 Å². The fourth-order valence-electron chi connectivity index (χ4n) is 4.72. The highest BCUT2D eigenvalue weighted by Crippen LogP contribution is 2.26. The fourth-order valence-corrected chi connectivity index (χ4v) is 5.71. The second-order valence-corrected chi connectivity index (χ2v) is 10.5. The van der Waals surface area contributed by atoms with Crippen LogP contribution in [0.1, 0.15) is 44.2 Å². The van der Waals surface area contributed by atoms with Crippen LogP contribution in [-0.4, -0.2) is 53.0 Å². The molecule has 1 saturated heterocycles. The van der Waals surface area contributed by atoms with Crippen LogP contribution in [0, 0.1) is 5.92 Å². The molecule has 2 aromatic carbocycles. The van der Waals surface area contributed by atoms with E-state index in [-0.39, 0.29) is 17.8 Å². The van der Waals surface area contributed by atoms with Gasteiger partial charge in [0.2, 0.25) is 0 Å². The average Bonchev–Trinajstić information content (AvgIpc) is 2.98. The van der Waals surface area contributed by atoms with E-state index in [0.29, 0.717) is 23.5 Å². The number of nitrogens with one attached hydrogen (secondary N) is 1. The Balaban J connectivity index is 0.00000195. The van der Waals surface area contributed by atoms with Crippen LogP contribution in [0.25, 0.3) is 0 Å². The molecule has 1 heterocycles. The quantitative estimate of drug-likeness (QED) is 0.314. The van der Waals surface area contributed by atoms with E-state index >= 15 is 0 Å². The van der Waals surface area contributed by atoms with Crippen molar-refractivity contribution in [3.8, 4) is 0 Å². The Morgan fingerprint density at radius 2 is 1.76 bits per heavy atom. The van der Waals surface area contributed by atoms with E-state index in [1.165, 1.54) is 6.38 Å². The van der Waals surface area contributed by atoms with Gasteiger partial charge in [-0.15, -0.1) is 11.6 Å². The zero-order valence-corrected chi connectivity index (χ0v) is 23.6. The number of likely N-dealkylation sites (tertiary alicyclic amines) is 1. The summed E-state index contributed by atoms with van der Waals surface area (Å²) in [6, 6.07) is 17.4. The Morgan fingerprint density at radius 3 is 2.39 bits per heavy atom. The van der Waals surface area contributed by atoms with E-state index in [1.807, 2.05) is 66.8 Å². The molecule has 4 atom stereocenters. The molecule has 6 nitrogen and oxygen atoms in total. The third-order valence-corrected chi connectivity index (χ3v) is 7.96. The van der Waals surface area contributed by atoms with Crippen molar-refractivity contribution in [1.82, 2.24) is 9.62 Å². The zero-order chi connectivity index (χ0) is 27.3. The Labute approximate surface area is 233 Å². The van der Waals surface area contributed by atoms with Crippen LogP contribution in [0.3, 0.4) is 0 Å². The summed E-state index contributed by atoms with van der Waals surface area (Å²) in [5.74, 6) is -0.141. The van der Waals surface area contributed by atoms with Gasteiger partial charge in [-0.1, -0.05) is 73.7 Å². The van der Waals surface area contributed by atoms with Crippen molar-refractivity contribution in [2.45, 2.75) is 49.6 Å². The zero-order valence-electron chi connectivity index (χ0n) is 22.1. The predicted octanol–water partition coefficient (Wildman–Crippen LogP) is 5.38.